The highest BCUT2D eigenvalue weighted by Gasteiger charge is 2.16. The van der Waals surface area contributed by atoms with Gasteiger partial charge >= 0.3 is 0 Å². The van der Waals surface area contributed by atoms with Crippen molar-refractivity contribution < 1.29 is 14.1 Å². The van der Waals surface area contributed by atoms with E-state index in [-0.39, 0.29) is 11.4 Å². The van der Waals surface area contributed by atoms with E-state index in [1.807, 2.05) is 12.1 Å². The molecule has 22 heavy (non-hydrogen) atoms. The van der Waals surface area contributed by atoms with Crippen molar-refractivity contribution in [1.29, 1.82) is 0 Å². The van der Waals surface area contributed by atoms with E-state index < -0.39 is 22.3 Å². The van der Waals surface area contributed by atoms with Gasteiger partial charge in [-0.25, -0.2) is 4.39 Å². The highest BCUT2D eigenvalue weighted by atomic mass is 32.2. The molecule has 1 aromatic carbocycles. The third-order valence-corrected chi connectivity index (χ3v) is 3.61. The minimum Gasteiger partial charge on any atom is -0.320 e. The minimum atomic E-state index is -0.736. The van der Waals surface area contributed by atoms with Gasteiger partial charge in [-0.2, -0.15) is 0 Å². The average Bonchev–Trinajstić information content (AvgIpc) is 2.50. The lowest BCUT2D eigenvalue weighted by Crippen LogP contribution is -2.15. The Bertz CT molecular complexity index is 682. The number of hydrogen-bond acceptors (Lipinski definition) is 5. The quantitative estimate of drug-likeness (QED) is 0.653. The second-order valence-corrected chi connectivity index (χ2v) is 5.27. The number of benzene rings is 1. The number of nitrogens with one attached hydrogen (secondary N) is 1. The third-order valence-electron chi connectivity index (χ3n) is 2.64. The first-order chi connectivity index (χ1) is 10.6. The molecule has 1 aromatic heterocycles. The minimum absolute atomic E-state index is 0.0187. The van der Waals surface area contributed by atoms with Crippen molar-refractivity contribution in [2.45, 2.75) is 5.75 Å². The van der Waals surface area contributed by atoms with Crippen LogP contribution in [0, 0.1) is 15.9 Å². The van der Waals surface area contributed by atoms with Crippen molar-refractivity contribution in [2.75, 3.05) is 11.1 Å². The maximum Gasteiger partial charge on any atom is 0.295 e. The van der Waals surface area contributed by atoms with Crippen LogP contribution in [0.3, 0.4) is 0 Å². The molecule has 0 atom stereocenters. The van der Waals surface area contributed by atoms with Crippen molar-refractivity contribution in [3.05, 3.63) is 64.2 Å². The second-order valence-electron chi connectivity index (χ2n) is 4.28. The van der Waals surface area contributed by atoms with Gasteiger partial charge in [-0.05, 0) is 24.3 Å². The van der Waals surface area contributed by atoms with Crippen LogP contribution in [0.15, 0.2) is 42.6 Å². The molecule has 0 aliphatic heterocycles. The first kappa shape index (κ1) is 15.9. The SMILES string of the molecule is O=C(CSCc1ccccn1)Nc1ccc(F)cc1[N+](=O)[O-]. The average molecular weight is 321 g/mol. The van der Waals surface area contributed by atoms with Crippen LogP contribution in [0.4, 0.5) is 15.8 Å². The number of halogens is 1. The van der Waals surface area contributed by atoms with E-state index >= 15 is 0 Å². The lowest BCUT2D eigenvalue weighted by molar-refractivity contribution is -0.384. The number of carbonyl (C=O) groups is 1. The number of hydrogen-bond donors (Lipinski definition) is 1. The number of nitrogens with zero attached hydrogens (tertiary/aromatic N) is 2. The van der Waals surface area contributed by atoms with E-state index in [1.165, 1.54) is 17.8 Å². The van der Waals surface area contributed by atoms with Crippen LogP contribution in [0.2, 0.25) is 0 Å². The molecule has 0 saturated heterocycles. The molecule has 0 aliphatic rings. The molecule has 1 heterocycles. The Balaban J connectivity index is 1.91. The molecule has 0 bridgehead atoms. The van der Waals surface area contributed by atoms with Crippen molar-refractivity contribution in [3.8, 4) is 0 Å². The number of nitro groups is 1. The Morgan fingerprint density at radius 2 is 2.18 bits per heavy atom. The summed E-state index contributed by atoms with van der Waals surface area (Å²) in [6, 6.07) is 8.50. The molecule has 0 spiro atoms. The number of rotatable bonds is 6. The lowest BCUT2D eigenvalue weighted by atomic mass is 10.2. The second kappa shape index (κ2) is 7.51. The van der Waals surface area contributed by atoms with Crippen LogP contribution in [0.1, 0.15) is 5.69 Å². The molecule has 114 valence electrons. The predicted molar refractivity (Wildman–Crippen MR) is 82.1 cm³/mol. The zero-order valence-corrected chi connectivity index (χ0v) is 12.2. The van der Waals surface area contributed by atoms with Crippen LogP contribution in [0.25, 0.3) is 0 Å². The van der Waals surface area contributed by atoms with Gasteiger partial charge in [0.25, 0.3) is 5.69 Å². The van der Waals surface area contributed by atoms with E-state index in [2.05, 4.69) is 10.3 Å². The molecule has 0 aliphatic carbocycles. The molecule has 2 aromatic rings. The molecule has 6 nitrogen and oxygen atoms in total. The first-order valence-corrected chi connectivity index (χ1v) is 7.43. The van der Waals surface area contributed by atoms with Crippen molar-refractivity contribution in [1.82, 2.24) is 4.98 Å². The molecule has 8 heteroatoms. The van der Waals surface area contributed by atoms with Crippen LogP contribution in [-0.2, 0) is 10.5 Å². The summed E-state index contributed by atoms with van der Waals surface area (Å²) >= 11 is 1.33. The van der Waals surface area contributed by atoms with Gasteiger partial charge in [0, 0.05) is 11.9 Å². The van der Waals surface area contributed by atoms with Crippen LogP contribution < -0.4 is 5.32 Å². The number of carbonyl (C=O) groups excluding carboxylic acids is 1. The van der Waals surface area contributed by atoms with Crippen molar-refractivity contribution in [3.63, 3.8) is 0 Å². The molecule has 1 N–H and O–H groups in total. The molecule has 1 amide bonds. The number of nitro benzene ring substituents is 1. The molecule has 0 unspecified atom stereocenters. The summed E-state index contributed by atoms with van der Waals surface area (Å²) in [5, 5.41) is 13.2. The zero-order valence-electron chi connectivity index (χ0n) is 11.4. The number of pyridine rings is 1. The molecular weight excluding hydrogens is 309 g/mol. The lowest BCUT2D eigenvalue weighted by Gasteiger charge is -2.06. The summed E-state index contributed by atoms with van der Waals surface area (Å²) in [6.07, 6.45) is 1.66. The topological polar surface area (TPSA) is 85.1 Å². The summed E-state index contributed by atoms with van der Waals surface area (Å²) in [6.45, 7) is 0. The van der Waals surface area contributed by atoms with Gasteiger partial charge in [-0.3, -0.25) is 19.9 Å². The zero-order chi connectivity index (χ0) is 15.9. The highest BCUT2D eigenvalue weighted by Crippen LogP contribution is 2.25. The fourth-order valence-corrected chi connectivity index (χ4v) is 2.42. The van der Waals surface area contributed by atoms with Crippen LogP contribution in [0.5, 0.6) is 0 Å². The van der Waals surface area contributed by atoms with E-state index in [0.717, 1.165) is 17.8 Å². The van der Waals surface area contributed by atoms with Gasteiger partial charge in [0.1, 0.15) is 11.5 Å². The van der Waals surface area contributed by atoms with E-state index in [0.29, 0.717) is 5.75 Å². The fraction of sp³-hybridized carbons (Fsp3) is 0.143. The number of anilines is 1. The first-order valence-electron chi connectivity index (χ1n) is 6.27. The monoisotopic (exact) mass is 321 g/mol. The smallest absolute Gasteiger partial charge is 0.295 e. The third kappa shape index (κ3) is 4.52. The van der Waals surface area contributed by atoms with E-state index in [1.54, 1.807) is 12.3 Å². The van der Waals surface area contributed by atoms with Crippen molar-refractivity contribution >= 4 is 29.0 Å². The summed E-state index contributed by atoms with van der Waals surface area (Å²) < 4.78 is 13.0. The Kier molecular flexibility index (Phi) is 5.42. The Morgan fingerprint density at radius 3 is 2.86 bits per heavy atom. The largest absolute Gasteiger partial charge is 0.320 e. The standard InChI is InChI=1S/C14H12FN3O3S/c15-10-4-5-12(13(7-10)18(20)21)17-14(19)9-22-8-11-3-1-2-6-16-11/h1-7H,8-9H2,(H,17,19). The fourth-order valence-electron chi connectivity index (χ4n) is 1.68. The summed E-state index contributed by atoms with van der Waals surface area (Å²) in [4.78, 5) is 26.0. The van der Waals surface area contributed by atoms with Gasteiger partial charge in [0.05, 0.1) is 22.4 Å². The van der Waals surface area contributed by atoms with Gasteiger partial charge in [0.2, 0.25) is 5.91 Å². The molecule has 0 saturated carbocycles. The van der Waals surface area contributed by atoms with Gasteiger partial charge in [0.15, 0.2) is 0 Å². The number of aromatic nitrogens is 1. The van der Waals surface area contributed by atoms with E-state index in [9.17, 15) is 19.3 Å². The predicted octanol–water partition coefficient (Wildman–Crippen LogP) is 3.00. The van der Waals surface area contributed by atoms with Gasteiger partial charge in [-0.15, -0.1) is 11.8 Å². The van der Waals surface area contributed by atoms with Gasteiger partial charge in [-0.1, -0.05) is 6.07 Å². The summed E-state index contributed by atoms with van der Waals surface area (Å²) in [5.41, 5.74) is 0.353. The number of thioether (sulfide) groups is 1. The molecule has 2 rings (SSSR count). The highest BCUT2D eigenvalue weighted by molar-refractivity contribution is 7.99. The molecular formula is C14H12FN3O3S. The normalized spacial score (nSPS) is 10.2. The van der Waals surface area contributed by atoms with Crippen LogP contribution in [-0.4, -0.2) is 21.6 Å². The molecule has 0 fully saturated rings. The van der Waals surface area contributed by atoms with Crippen molar-refractivity contribution in [2.24, 2.45) is 0 Å². The Labute approximate surface area is 129 Å². The number of amides is 1. The maximum atomic E-state index is 13.0. The van der Waals surface area contributed by atoms with E-state index in [4.69, 9.17) is 0 Å². The van der Waals surface area contributed by atoms with Gasteiger partial charge < -0.3 is 5.32 Å². The Morgan fingerprint density at radius 1 is 1.36 bits per heavy atom. The summed E-state index contributed by atoms with van der Waals surface area (Å²) in [5.74, 6) is -0.449. The Hall–Kier alpha value is -2.48. The van der Waals surface area contributed by atoms with Crippen LogP contribution >= 0.6 is 11.8 Å². The molecule has 0 radical (unpaired) electrons. The maximum absolute atomic E-state index is 13.0. The summed E-state index contributed by atoms with van der Waals surface area (Å²) in [7, 11) is 0.